The van der Waals surface area contributed by atoms with Gasteiger partial charge in [-0.05, 0) is 78.1 Å². The maximum atomic E-state index is 15.4. The number of aromatic carboxylic acids is 1. The summed E-state index contributed by atoms with van der Waals surface area (Å²) < 4.78 is 37.4. The van der Waals surface area contributed by atoms with Gasteiger partial charge < -0.3 is 5.11 Å². The third-order valence-corrected chi connectivity index (χ3v) is 10.2. The fourth-order valence-electron chi connectivity index (χ4n) is 5.81. The van der Waals surface area contributed by atoms with Crippen molar-refractivity contribution in [1.29, 1.82) is 0 Å². The first kappa shape index (κ1) is 29.5. The number of carboxylic acids is 1. The average molecular weight is 644 g/mol. The van der Waals surface area contributed by atoms with Crippen LogP contribution >= 0.6 is 11.3 Å². The molecule has 1 saturated carbocycles. The molecule has 7 rings (SSSR count). The smallest absolute Gasteiger partial charge is 0.355 e. The predicted octanol–water partition coefficient (Wildman–Crippen LogP) is 7.02. The second kappa shape index (κ2) is 12.0. The van der Waals surface area contributed by atoms with Crippen LogP contribution in [0, 0.1) is 17.6 Å². The summed E-state index contributed by atoms with van der Waals surface area (Å²) in [6, 6.07) is 18.0. The lowest BCUT2D eigenvalue weighted by atomic mass is 9.94. The van der Waals surface area contributed by atoms with Gasteiger partial charge in [-0.2, -0.15) is 9.28 Å². The van der Waals surface area contributed by atoms with Crippen LogP contribution in [0.1, 0.15) is 56.8 Å². The van der Waals surface area contributed by atoms with Crippen LogP contribution in [0.4, 0.5) is 8.78 Å². The zero-order valence-corrected chi connectivity index (χ0v) is 25.9. The van der Waals surface area contributed by atoms with Gasteiger partial charge in [-0.3, -0.25) is 0 Å². The Morgan fingerprint density at radius 2 is 1.96 bits per heavy atom. The predicted molar refractivity (Wildman–Crippen MR) is 172 cm³/mol. The van der Waals surface area contributed by atoms with Crippen molar-refractivity contribution in [2.45, 2.75) is 37.0 Å². The number of fused-ring (bicyclic) bond motifs is 1. The molecule has 2 aliphatic rings. The number of benzene rings is 3. The molecule has 3 N–H and O–H groups in total. The van der Waals surface area contributed by atoms with Crippen molar-refractivity contribution >= 4 is 40.3 Å². The number of hydrogen-bond acceptors (Lipinski definition) is 6. The van der Waals surface area contributed by atoms with Crippen molar-refractivity contribution in [2.75, 3.05) is 7.11 Å². The molecule has 7 nitrogen and oxygen atoms in total. The zero-order chi connectivity index (χ0) is 31.2. The summed E-state index contributed by atoms with van der Waals surface area (Å²) in [6.07, 6.45) is 5.85. The monoisotopic (exact) mass is 643 g/mol. The van der Waals surface area contributed by atoms with Gasteiger partial charge in [-0.15, -0.1) is 16.5 Å². The first-order chi connectivity index (χ1) is 21.8. The van der Waals surface area contributed by atoms with Crippen LogP contribution in [-0.4, -0.2) is 33.0 Å². The van der Waals surface area contributed by atoms with Crippen molar-refractivity contribution < 1.29 is 22.9 Å². The van der Waals surface area contributed by atoms with Crippen molar-refractivity contribution in [3.8, 4) is 16.4 Å². The minimum atomic E-state index is -1.18. The number of aromatic nitrogens is 3. The van der Waals surface area contributed by atoms with Gasteiger partial charge in [0.05, 0.1) is 18.5 Å². The third-order valence-electron chi connectivity index (χ3n) is 8.29. The number of nitrogens with two attached hydrogens (primary N) is 1. The molecule has 2 aliphatic carbocycles. The van der Waals surface area contributed by atoms with Crippen LogP contribution < -0.4 is 5.14 Å². The third kappa shape index (κ3) is 5.84. The van der Waals surface area contributed by atoms with E-state index in [9.17, 15) is 9.90 Å². The Hall–Kier alpha value is -4.16. The molecular weight excluding hydrogens is 615 g/mol. The van der Waals surface area contributed by atoms with E-state index < -0.39 is 23.1 Å². The summed E-state index contributed by atoms with van der Waals surface area (Å²) in [6.45, 7) is 0. The molecular formula is C34H29F2N4O3S2+. The Morgan fingerprint density at radius 3 is 2.67 bits per heavy atom. The fourth-order valence-corrected chi connectivity index (χ4v) is 7.21. The van der Waals surface area contributed by atoms with Crippen molar-refractivity contribution in [3.05, 3.63) is 117 Å². The Balaban J connectivity index is 1.37. The van der Waals surface area contributed by atoms with Gasteiger partial charge in [0.2, 0.25) is 10.0 Å². The van der Waals surface area contributed by atoms with Crippen LogP contribution in [0.15, 0.2) is 70.9 Å². The topological polar surface area (TPSA) is 103 Å². The molecule has 45 heavy (non-hydrogen) atoms. The van der Waals surface area contributed by atoms with Gasteiger partial charge in [0.1, 0.15) is 5.82 Å². The van der Waals surface area contributed by atoms with Crippen LogP contribution in [-0.2, 0) is 34.8 Å². The molecule has 2 heterocycles. The SMILES string of the molecule is CO[S+](N)c1ccc(Cc2c(-c3ccc(F)c(C4=Cc5ccccc5C4)c3)nn(-c3nc(C(=O)O)cs3)c2CC2CC2)cc1F. The molecule has 0 bridgehead atoms. The highest BCUT2D eigenvalue weighted by Crippen LogP contribution is 2.40. The number of carboxylic acid groups (broad SMARTS) is 1. The van der Waals surface area contributed by atoms with E-state index in [0.29, 0.717) is 52.7 Å². The van der Waals surface area contributed by atoms with E-state index in [2.05, 4.69) is 4.98 Å². The fraction of sp³-hybridized carbons (Fsp3) is 0.206. The molecule has 228 valence electrons. The lowest BCUT2D eigenvalue weighted by Crippen LogP contribution is -2.17. The second-order valence-electron chi connectivity index (χ2n) is 11.3. The highest BCUT2D eigenvalue weighted by Gasteiger charge is 2.30. The van der Waals surface area contributed by atoms with Crippen LogP contribution in [0.2, 0.25) is 0 Å². The molecule has 0 aliphatic heterocycles. The molecule has 5 aromatic rings. The Labute approximate surface area is 265 Å². The number of allylic oxidation sites excluding steroid dienone is 1. The molecule has 3 aromatic carbocycles. The lowest BCUT2D eigenvalue weighted by molar-refractivity contribution is 0.0691. The van der Waals surface area contributed by atoms with Crippen molar-refractivity contribution in [2.24, 2.45) is 11.1 Å². The van der Waals surface area contributed by atoms with Crippen molar-refractivity contribution in [3.63, 3.8) is 0 Å². The van der Waals surface area contributed by atoms with Gasteiger partial charge >= 0.3 is 5.97 Å². The number of hydrogen-bond donors (Lipinski definition) is 2. The molecule has 1 unspecified atom stereocenters. The molecule has 0 saturated heterocycles. The van der Waals surface area contributed by atoms with E-state index in [1.807, 2.05) is 42.5 Å². The van der Waals surface area contributed by atoms with Crippen LogP contribution in [0.25, 0.3) is 28.0 Å². The lowest BCUT2D eigenvalue weighted by Gasteiger charge is -2.11. The summed E-state index contributed by atoms with van der Waals surface area (Å²) in [7, 11) is 1.44. The van der Waals surface area contributed by atoms with E-state index in [0.717, 1.165) is 40.8 Å². The Kier molecular flexibility index (Phi) is 7.86. The van der Waals surface area contributed by atoms with Gasteiger partial charge in [0.25, 0.3) is 11.4 Å². The maximum absolute atomic E-state index is 15.4. The van der Waals surface area contributed by atoms with E-state index in [1.165, 1.54) is 36.0 Å². The summed E-state index contributed by atoms with van der Waals surface area (Å²) in [4.78, 5) is 16.3. The van der Waals surface area contributed by atoms with Gasteiger partial charge in [0, 0.05) is 34.6 Å². The Morgan fingerprint density at radius 1 is 1.13 bits per heavy atom. The molecule has 1 atom stereocenters. The average Bonchev–Trinajstić information content (AvgIpc) is 3.39. The molecule has 11 heteroatoms. The normalized spacial score (nSPS) is 14.8. The number of nitrogens with zero attached hydrogens (tertiary/aromatic N) is 3. The molecule has 0 amide bonds. The largest absolute Gasteiger partial charge is 0.476 e. The summed E-state index contributed by atoms with van der Waals surface area (Å²) in [5.41, 5.74) is 7.34. The standard InChI is InChI=1S/C34H28F2N4O3S2/c1-43-45(37)31-11-8-20(13-28(31)36)12-26-30(14-19-6-7-19)40(34-38-29(18-44-34)33(41)42)39-32(26)23-9-10-27(35)25(17-23)24-15-21-4-2-3-5-22(21)16-24/h2-5,8-11,13,15,17-19H,6-7,12,14,16,37H2,1H3/p+1. The molecule has 1 fully saturated rings. The minimum absolute atomic E-state index is 0.0595. The number of carbonyl (C=O) groups is 1. The van der Waals surface area contributed by atoms with Crippen molar-refractivity contribution in [1.82, 2.24) is 14.8 Å². The van der Waals surface area contributed by atoms with E-state index >= 15 is 8.78 Å². The molecule has 0 radical (unpaired) electrons. The van der Waals surface area contributed by atoms with E-state index in [-0.39, 0.29) is 16.4 Å². The highest BCUT2D eigenvalue weighted by atomic mass is 32.2. The first-order valence-corrected chi connectivity index (χ1v) is 16.6. The minimum Gasteiger partial charge on any atom is -0.476 e. The van der Waals surface area contributed by atoms with Crippen LogP contribution in [0.5, 0.6) is 0 Å². The number of rotatable bonds is 10. The first-order valence-electron chi connectivity index (χ1n) is 14.5. The quantitative estimate of drug-likeness (QED) is 0.159. The zero-order valence-electron chi connectivity index (χ0n) is 24.3. The summed E-state index contributed by atoms with van der Waals surface area (Å²) in [5, 5.41) is 22.4. The number of thiazole rings is 1. The van der Waals surface area contributed by atoms with Crippen LogP contribution in [0.3, 0.4) is 0 Å². The number of halogens is 2. The summed E-state index contributed by atoms with van der Waals surface area (Å²) >= 11 is 0.0224. The molecule has 0 spiro atoms. The van der Waals surface area contributed by atoms with E-state index in [1.54, 1.807) is 16.8 Å². The molecule has 2 aromatic heterocycles. The maximum Gasteiger partial charge on any atom is 0.355 e. The second-order valence-corrected chi connectivity index (χ2v) is 13.5. The summed E-state index contributed by atoms with van der Waals surface area (Å²) in [5.74, 6) is -1.44. The Bertz CT molecular complexity index is 1980. The highest BCUT2D eigenvalue weighted by molar-refractivity contribution is 7.90. The van der Waals surface area contributed by atoms with Gasteiger partial charge in [-0.25, -0.2) is 23.2 Å². The van der Waals surface area contributed by atoms with Gasteiger partial charge in [-0.1, -0.05) is 36.4 Å². The van der Waals surface area contributed by atoms with Gasteiger partial charge in [0.15, 0.2) is 11.5 Å². The van der Waals surface area contributed by atoms with E-state index in [4.69, 9.17) is 14.4 Å².